The molecule has 0 unspecified atom stereocenters. The molecule has 1 fully saturated rings. The Kier molecular flexibility index (Phi) is 3.68. The van der Waals surface area contributed by atoms with Gasteiger partial charge in [-0.05, 0) is 38.0 Å². The van der Waals surface area contributed by atoms with Crippen LogP contribution in [0.25, 0.3) is 0 Å². The van der Waals surface area contributed by atoms with Crippen LogP contribution in [0.2, 0.25) is 0 Å². The van der Waals surface area contributed by atoms with Crippen molar-refractivity contribution in [2.24, 2.45) is 11.8 Å². The van der Waals surface area contributed by atoms with Gasteiger partial charge < -0.3 is 0 Å². The third kappa shape index (κ3) is 3.09. The Morgan fingerprint density at radius 1 is 1.18 bits per heavy atom. The molecular weight excluding hydrogens is 132 g/mol. The van der Waals surface area contributed by atoms with Crippen LogP contribution in [0.4, 0.5) is 0 Å². The summed E-state index contributed by atoms with van der Waals surface area (Å²) in [5.74, 6) is 2.00. The topological polar surface area (TPSA) is 0 Å². The molecule has 1 rings (SSSR count). The molecule has 0 bridgehead atoms. The van der Waals surface area contributed by atoms with Crippen molar-refractivity contribution in [3.63, 3.8) is 0 Å². The highest BCUT2D eigenvalue weighted by Gasteiger charge is 2.16. The normalized spacial score (nSPS) is 32.9. The molecule has 0 atom stereocenters. The van der Waals surface area contributed by atoms with Crippen LogP contribution in [0.15, 0.2) is 12.2 Å². The number of hydrogen-bond donors (Lipinski definition) is 0. The predicted molar refractivity (Wildman–Crippen MR) is 50.6 cm³/mol. The summed E-state index contributed by atoms with van der Waals surface area (Å²) >= 11 is 0. The first-order chi connectivity index (χ1) is 5.33. The molecule has 0 aromatic rings. The van der Waals surface area contributed by atoms with Crippen LogP contribution < -0.4 is 0 Å². The van der Waals surface area contributed by atoms with Gasteiger partial charge in [0.15, 0.2) is 0 Å². The van der Waals surface area contributed by atoms with Crippen molar-refractivity contribution in [3.05, 3.63) is 12.2 Å². The first-order valence-corrected chi connectivity index (χ1v) is 4.94. The minimum Gasteiger partial charge on any atom is -0.0917 e. The first kappa shape index (κ1) is 8.83. The van der Waals surface area contributed by atoms with Crippen LogP contribution in [0.1, 0.15) is 46.0 Å². The molecule has 0 heterocycles. The maximum Gasteiger partial charge on any atom is -0.0322 e. The lowest BCUT2D eigenvalue weighted by Crippen LogP contribution is -2.11. The van der Waals surface area contributed by atoms with Gasteiger partial charge in [-0.1, -0.05) is 31.9 Å². The van der Waals surface area contributed by atoms with Gasteiger partial charge in [-0.3, -0.25) is 0 Å². The molecular formula is C11H20. The zero-order valence-corrected chi connectivity index (χ0v) is 7.84. The lowest BCUT2D eigenvalue weighted by molar-refractivity contribution is 0.292. The minimum absolute atomic E-state index is 0.997. The Labute approximate surface area is 70.7 Å². The van der Waals surface area contributed by atoms with E-state index in [0.29, 0.717) is 0 Å². The number of rotatable bonds is 2. The molecule has 0 saturated heterocycles. The van der Waals surface area contributed by atoms with Gasteiger partial charge in [-0.2, -0.15) is 0 Å². The van der Waals surface area contributed by atoms with E-state index in [4.69, 9.17) is 0 Å². The molecule has 0 spiro atoms. The van der Waals surface area contributed by atoms with Crippen LogP contribution in [0.3, 0.4) is 0 Å². The summed E-state index contributed by atoms with van der Waals surface area (Å²) in [6.07, 6.45) is 11.7. The molecule has 0 amide bonds. The lowest BCUT2D eigenvalue weighted by Gasteiger charge is -2.24. The molecule has 0 aliphatic heterocycles. The van der Waals surface area contributed by atoms with Crippen molar-refractivity contribution in [2.75, 3.05) is 0 Å². The van der Waals surface area contributed by atoms with E-state index in [-0.39, 0.29) is 0 Å². The molecule has 1 aliphatic carbocycles. The Hall–Kier alpha value is -0.260. The molecule has 0 radical (unpaired) electrons. The van der Waals surface area contributed by atoms with Gasteiger partial charge in [0.05, 0.1) is 0 Å². The van der Waals surface area contributed by atoms with Crippen molar-refractivity contribution in [2.45, 2.75) is 46.0 Å². The number of hydrogen-bond acceptors (Lipinski definition) is 0. The zero-order valence-electron chi connectivity index (χ0n) is 7.84. The molecule has 11 heavy (non-hydrogen) atoms. The Bertz CT molecular complexity index is 116. The predicted octanol–water partition coefficient (Wildman–Crippen LogP) is 3.78. The summed E-state index contributed by atoms with van der Waals surface area (Å²) in [6, 6.07) is 0. The summed E-state index contributed by atoms with van der Waals surface area (Å²) in [7, 11) is 0. The molecule has 1 saturated carbocycles. The first-order valence-electron chi connectivity index (χ1n) is 4.94. The van der Waals surface area contributed by atoms with Crippen LogP contribution in [-0.2, 0) is 0 Å². The van der Waals surface area contributed by atoms with Gasteiger partial charge in [0, 0.05) is 0 Å². The van der Waals surface area contributed by atoms with Gasteiger partial charge in [-0.15, -0.1) is 0 Å². The van der Waals surface area contributed by atoms with Gasteiger partial charge in [0.1, 0.15) is 0 Å². The summed E-state index contributed by atoms with van der Waals surface area (Å²) in [5.41, 5.74) is 0. The third-order valence-corrected chi connectivity index (χ3v) is 2.84. The fourth-order valence-corrected chi connectivity index (χ4v) is 1.89. The molecule has 64 valence electrons. The van der Waals surface area contributed by atoms with Crippen LogP contribution in [0.5, 0.6) is 0 Å². The second-order valence-corrected chi connectivity index (χ2v) is 3.93. The van der Waals surface area contributed by atoms with Crippen LogP contribution >= 0.6 is 0 Å². The van der Waals surface area contributed by atoms with E-state index >= 15 is 0 Å². The maximum absolute atomic E-state index is 2.38. The SMILES string of the molecule is CC=CCC1CCC(C)CC1. The van der Waals surface area contributed by atoms with E-state index in [1.54, 1.807) is 0 Å². The van der Waals surface area contributed by atoms with Crippen LogP contribution in [0, 0.1) is 11.8 Å². The van der Waals surface area contributed by atoms with Crippen LogP contribution in [-0.4, -0.2) is 0 Å². The smallest absolute Gasteiger partial charge is 0.0322 e. The van der Waals surface area contributed by atoms with E-state index in [1.807, 2.05) is 0 Å². The highest BCUT2D eigenvalue weighted by molar-refractivity contribution is 4.82. The second kappa shape index (κ2) is 4.58. The van der Waals surface area contributed by atoms with E-state index in [2.05, 4.69) is 26.0 Å². The highest BCUT2D eigenvalue weighted by atomic mass is 14.2. The number of allylic oxidation sites excluding steroid dienone is 2. The highest BCUT2D eigenvalue weighted by Crippen LogP contribution is 2.30. The molecule has 0 heteroatoms. The fraction of sp³-hybridized carbons (Fsp3) is 0.818. The maximum atomic E-state index is 2.38. The third-order valence-electron chi connectivity index (χ3n) is 2.84. The average molecular weight is 152 g/mol. The summed E-state index contributed by atoms with van der Waals surface area (Å²) in [6.45, 7) is 4.50. The standard InChI is InChI=1S/C11H20/c1-3-4-5-11-8-6-10(2)7-9-11/h3-4,10-11H,5-9H2,1-2H3. The quantitative estimate of drug-likeness (QED) is 0.528. The summed E-state index contributed by atoms with van der Waals surface area (Å²) in [4.78, 5) is 0. The largest absolute Gasteiger partial charge is 0.0917 e. The van der Waals surface area contributed by atoms with Gasteiger partial charge >= 0.3 is 0 Å². The molecule has 0 N–H and O–H groups in total. The Balaban J connectivity index is 2.17. The Morgan fingerprint density at radius 2 is 1.82 bits per heavy atom. The van der Waals surface area contributed by atoms with Gasteiger partial charge in [0.2, 0.25) is 0 Å². The summed E-state index contributed by atoms with van der Waals surface area (Å²) in [5, 5.41) is 0. The monoisotopic (exact) mass is 152 g/mol. The van der Waals surface area contributed by atoms with Crippen molar-refractivity contribution in [1.29, 1.82) is 0 Å². The average Bonchev–Trinajstić information content (AvgIpc) is 2.04. The summed E-state index contributed by atoms with van der Waals surface area (Å²) < 4.78 is 0. The molecule has 0 nitrogen and oxygen atoms in total. The molecule has 1 aliphatic rings. The fourth-order valence-electron chi connectivity index (χ4n) is 1.89. The molecule has 0 aromatic heterocycles. The zero-order chi connectivity index (χ0) is 8.10. The van der Waals surface area contributed by atoms with Gasteiger partial charge in [0.25, 0.3) is 0 Å². The lowest BCUT2D eigenvalue weighted by atomic mass is 9.81. The van der Waals surface area contributed by atoms with E-state index < -0.39 is 0 Å². The van der Waals surface area contributed by atoms with Crippen molar-refractivity contribution < 1.29 is 0 Å². The van der Waals surface area contributed by atoms with E-state index in [0.717, 1.165) is 11.8 Å². The van der Waals surface area contributed by atoms with Crippen molar-refractivity contribution in [1.82, 2.24) is 0 Å². The van der Waals surface area contributed by atoms with E-state index in [9.17, 15) is 0 Å². The van der Waals surface area contributed by atoms with E-state index in [1.165, 1.54) is 32.1 Å². The van der Waals surface area contributed by atoms with Crippen molar-refractivity contribution >= 4 is 0 Å². The second-order valence-electron chi connectivity index (χ2n) is 3.93. The van der Waals surface area contributed by atoms with Crippen molar-refractivity contribution in [3.8, 4) is 0 Å². The Morgan fingerprint density at radius 3 is 2.36 bits per heavy atom. The molecule has 0 aromatic carbocycles. The minimum atomic E-state index is 0.997. The van der Waals surface area contributed by atoms with Gasteiger partial charge in [-0.25, -0.2) is 0 Å².